The van der Waals surface area contributed by atoms with Gasteiger partial charge in [-0.15, -0.1) is 0 Å². The van der Waals surface area contributed by atoms with Gasteiger partial charge in [0.1, 0.15) is 0 Å². The maximum Gasteiger partial charge on any atom is 0.224 e. The molecule has 1 aliphatic heterocycles. The Morgan fingerprint density at radius 1 is 1.06 bits per heavy atom. The van der Waals surface area contributed by atoms with E-state index in [0.717, 1.165) is 19.3 Å². The van der Waals surface area contributed by atoms with E-state index in [1.165, 1.54) is 12.8 Å². The van der Waals surface area contributed by atoms with E-state index in [1.54, 1.807) is 0 Å². The van der Waals surface area contributed by atoms with Gasteiger partial charge in [-0.3, -0.25) is 4.79 Å². The Morgan fingerprint density at radius 2 is 1.75 bits per heavy atom. The minimum absolute atomic E-state index is 0.0461. The van der Waals surface area contributed by atoms with Crippen molar-refractivity contribution in [2.75, 3.05) is 11.5 Å². The molecule has 1 unspecified atom stereocenters. The molecule has 1 atom stereocenters. The SMILES string of the molecule is O=C(NC1CCCC1)C1CCCS(=O)(=O)C1. The fourth-order valence-electron chi connectivity index (χ4n) is 2.62. The molecule has 1 saturated heterocycles. The van der Waals surface area contributed by atoms with Gasteiger partial charge >= 0.3 is 0 Å². The predicted octanol–water partition coefficient (Wildman–Crippen LogP) is 0.870. The second-order valence-corrected chi connectivity index (χ2v) is 7.17. The summed E-state index contributed by atoms with van der Waals surface area (Å²) in [4.78, 5) is 11.9. The third kappa shape index (κ3) is 2.97. The molecule has 1 N–H and O–H groups in total. The van der Waals surface area contributed by atoms with Crippen molar-refractivity contribution >= 4 is 15.7 Å². The highest BCUT2D eigenvalue weighted by molar-refractivity contribution is 7.91. The van der Waals surface area contributed by atoms with E-state index in [2.05, 4.69) is 5.32 Å². The summed E-state index contributed by atoms with van der Waals surface area (Å²) >= 11 is 0. The lowest BCUT2D eigenvalue weighted by Gasteiger charge is -2.23. The third-order valence-electron chi connectivity index (χ3n) is 3.54. The summed E-state index contributed by atoms with van der Waals surface area (Å²) in [6.45, 7) is 0. The summed E-state index contributed by atoms with van der Waals surface area (Å²) in [5.74, 6) is -0.0549. The Bertz CT molecular complexity index is 357. The molecule has 0 bridgehead atoms. The fourth-order valence-corrected chi connectivity index (χ4v) is 4.32. The standard InChI is InChI=1S/C11H19NO3S/c13-11(12-10-5-1-2-6-10)9-4-3-7-16(14,15)8-9/h9-10H,1-8H2,(H,12,13). The number of sulfone groups is 1. The van der Waals surface area contributed by atoms with E-state index in [9.17, 15) is 13.2 Å². The number of amides is 1. The molecule has 4 nitrogen and oxygen atoms in total. The fraction of sp³-hybridized carbons (Fsp3) is 0.909. The zero-order valence-electron chi connectivity index (χ0n) is 9.44. The van der Waals surface area contributed by atoms with Crippen molar-refractivity contribution < 1.29 is 13.2 Å². The van der Waals surface area contributed by atoms with Crippen LogP contribution in [-0.4, -0.2) is 31.9 Å². The van der Waals surface area contributed by atoms with Crippen LogP contribution in [0.5, 0.6) is 0 Å². The molecular weight excluding hydrogens is 226 g/mol. The maximum atomic E-state index is 11.9. The van der Waals surface area contributed by atoms with Crippen LogP contribution in [0.1, 0.15) is 38.5 Å². The van der Waals surface area contributed by atoms with E-state index in [-0.39, 0.29) is 29.4 Å². The van der Waals surface area contributed by atoms with Crippen LogP contribution >= 0.6 is 0 Å². The first-order chi connectivity index (χ1) is 7.57. The molecule has 2 fully saturated rings. The molecule has 1 amide bonds. The minimum Gasteiger partial charge on any atom is -0.353 e. The number of carbonyl (C=O) groups excluding carboxylic acids is 1. The van der Waals surface area contributed by atoms with Crippen LogP contribution in [0.2, 0.25) is 0 Å². The van der Waals surface area contributed by atoms with E-state index in [1.807, 2.05) is 0 Å². The van der Waals surface area contributed by atoms with Crippen molar-refractivity contribution in [3.63, 3.8) is 0 Å². The molecule has 0 aromatic carbocycles. The van der Waals surface area contributed by atoms with E-state index in [4.69, 9.17) is 0 Å². The van der Waals surface area contributed by atoms with Crippen molar-refractivity contribution in [1.82, 2.24) is 5.32 Å². The van der Waals surface area contributed by atoms with Gasteiger partial charge in [-0.2, -0.15) is 0 Å². The van der Waals surface area contributed by atoms with Crippen LogP contribution in [0, 0.1) is 5.92 Å². The summed E-state index contributed by atoms with van der Waals surface area (Å²) in [5, 5.41) is 2.98. The highest BCUT2D eigenvalue weighted by Crippen LogP contribution is 2.21. The quantitative estimate of drug-likeness (QED) is 0.785. The van der Waals surface area contributed by atoms with E-state index < -0.39 is 9.84 Å². The monoisotopic (exact) mass is 245 g/mol. The smallest absolute Gasteiger partial charge is 0.224 e. The highest BCUT2D eigenvalue weighted by atomic mass is 32.2. The predicted molar refractivity (Wildman–Crippen MR) is 61.8 cm³/mol. The molecule has 2 aliphatic rings. The molecule has 1 saturated carbocycles. The minimum atomic E-state index is -2.97. The third-order valence-corrected chi connectivity index (χ3v) is 5.36. The van der Waals surface area contributed by atoms with Crippen molar-refractivity contribution in [3.8, 4) is 0 Å². The molecule has 1 heterocycles. The number of hydrogen-bond donors (Lipinski definition) is 1. The first-order valence-corrected chi connectivity index (χ1v) is 7.90. The number of hydrogen-bond acceptors (Lipinski definition) is 3. The molecule has 5 heteroatoms. The molecule has 0 aromatic heterocycles. The van der Waals surface area contributed by atoms with E-state index in [0.29, 0.717) is 6.42 Å². The molecule has 0 radical (unpaired) electrons. The lowest BCUT2D eigenvalue weighted by atomic mass is 10.0. The van der Waals surface area contributed by atoms with Crippen molar-refractivity contribution in [1.29, 1.82) is 0 Å². The summed E-state index contributed by atoms with van der Waals surface area (Å²) in [5.41, 5.74) is 0. The Labute approximate surface area is 96.7 Å². The average molecular weight is 245 g/mol. The largest absolute Gasteiger partial charge is 0.353 e. The van der Waals surface area contributed by atoms with Crippen molar-refractivity contribution in [3.05, 3.63) is 0 Å². The Balaban J connectivity index is 1.88. The van der Waals surface area contributed by atoms with Crippen LogP contribution in [0.3, 0.4) is 0 Å². The first-order valence-electron chi connectivity index (χ1n) is 6.08. The van der Waals surface area contributed by atoms with Gasteiger partial charge in [0, 0.05) is 6.04 Å². The molecule has 2 rings (SSSR count). The van der Waals surface area contributed by atoms with Gasteiger partial charge in [-0.1, -0.05) is 12.8 Å². The van der Waals surface area contributed by atoms with Gasteiger partial charge in [0.25, 0.3) is 0 Å². The lowest BCUT2D eigenvalue weighted by Crippen LogP contribution is -2.41. The Kier molecular flexibility index (Phi) is 3.52. The normalized spacial score (nSPS) is 30.1. The van der Waals surface area contributed by atoms with Crippen LogP contribution in [0.15, 0.2) is 0 Å². The van der Waals surface area contributed by atoms with Gasteiger partial charge in [0.15, 0.2) is 9.84 Å². The van der Waals surface area contributed by atoms with Crippen molar-refractivity contribution in [2.24, 2.45) is 5.92 Å². The second-order valence-electron chi connectivity index (χ2n) is 4.94. The van der Waals surface area contributed by atoms with Crippen LogP contribution in [-0.2, 0) is 14.6 Å². The molecule has 0 aromatic rings. The van der Waals surface area contributed by atoms with Gasteiger partial charge < -0.3 is 5.32 Å². The molecule has 92 valence electrons. The van der Waals surface area contributed by atoms with Gasteiger partial charge in [0.2, 0.25) is 5.91 Å². The van der Waals surface area contributed by atoms with Crippen LogP contribution < -0.4 is 5.32 Å². The van der Waals surface area contributed by atoms with Crippen LogP contribution in [0.4, 0.5) is 0 Å². The number of carbonyl (C=O) groups is 1. The van der Waals surface area contributed by atoms with Crippen molar-refractivity contribution in [2.45, 2.75) is 44.6 Å². The van der Waals surface area contributed by atoms with Gasteiger partial charge in [0.05, 0.1) is 17.4 Å². The van der Waals surface area contributed by atoms with Gasteiger partial charge in [-0.05, 0) is 25.7 Å². The summed E-state index contributed by atoms with van der Waals surface area (Å²) in [7, 11) is -2.97. The summed E-state index contributed by atoms with van der Waals surface area (Å²) in [6, 6.07) is 0.289. The first kappa shape index (κ1) is 11.9. The zero-order chi connectivity index (χ0) is 11.6. The molecular formula is C11H19NO3S. The number of rotatable bonds is 2. The maximum absolute atomic E-state index is 11.9. The Morgan fingerprint density at radius 3 is 2.38 bits per heavy atom. The van der Waals surface area contributed by atoms with Gasteiger partial charge in [-0.25, -0.2) is 8.42 Å². The second kappa shape index (κ2) is 4.73. The number of nitrogens with one attached hydrogen (secondary N) is 1. The topological polar surface area (TPSA) is 63.2 Å². The summed E-state index contributed by atoms with van der Waals surface area (Å²) < 4.78 is 22.8. The van der Waals surface area contributed by atoms with E-state index >= 15 is 0 Å². The highest BCUT2D eigenvalue weighted by Gasteiger charge is 2.31. The molecule has 0 spiro atoms. The average Bonchev–Trinajstić information content (AvgIpc) is 2.69. The molecule has 1 aliphatic carbocycles. The Hall–Kier alpha value is -0.580. The zero-order valence-corrected chi connectivity index (χ0v) is 10.3. The van der Waals surface area contributed by atoms with Crippen LogP contribution in [0.25, 0.3) is 0 Å². The lowest BCUT2D eigenvalue weighted by molar-refractivity contribution is -0.125. The molecule has 16 heavy (non-hydrogen) atoms. The summed E-state index contributed by atoms with van der Waals surface area (Å²) in [6.07, 6.45) is 5.79.